The molecule has 0 spiro atoms. The van der Waals surface area contributed by atoms with E-state index in [1.807, 2.05) is 6.92 Å². The second kappa shape index (κ2) is 8.25. The van der Waals surface area contributed by atoms with E-state index >= 15 is 0 Å². The molecule has 2 N–H and O–H groups in total. The zero-order valence-electron chi connectivity index (χ0n) is 19.4. The molecule has 0 heterocycles. The maximum absolute atomic E-state index is 12.3. The Labute approximate surface area is 183 Å². The van der Waals surface area contributed by atoms with Crippen LogP contribution in [0.3, 0.4) is 0 Å². The summed E-state index contributed by atoms with van der Waals surface area (Å²) in [4.78, 5) is 12.3. The first-order valence-corrected chi connectivity index (χ1v) is 12.6. The fraction of sp³-hybridized carbons (Fsp3) is 0.889. The van der Waals surface area contributed by atoms with Crippen molar-refractivity contribution < 1.29 is 15.0 Å². The molecule has 0 saturated heterocycles. The molecule has 0 aliphatic heterocycles. The van der Waals surface area contributed by atoms with E-state index in [1.165, 1.54) is 32.1 Å². The number of unbranched alkanes of at least 4 members (excludes halogenated alkanes) is 2. The molecule has 0 radical (unpaired) electrons. The Kier molecular flexibility index (Phi) is 6.15. The van der Waals surface area contributed by atoms with Crippen molar-refractivity contribution >= 4 is 5.78 Å². The van der Waals surface area contributed by atoms with Gasteiger partial charge < -0.3 is 10.2 Å². The third kappa shape index (κ3) is 3.67. The lowest BCUT2D eigenvalue weighted by Crippen LogP contribution is -2.56. The van der Waals surface area contributed by atoms with Crippen LogP contribution < -0.4 is 0 Å². The van der Waals surface area contributed by atoms with Crippen LogP contribution in [0.1, 0.15) is 97.8 Å². The van der Waals surface area contributed by atoms with Gasteiger partial charge in [-0.05, 0) is 112 Å². The average Bonchev–Trinajstić information content (AvgIpc) is 3.06. The molecule has 4 fully saturated rings. The molecule has 0 aromatic heterocycles. The second-order valence-corrected chi connectivity index (χ2v) is 11.7. The van der Waals surface area contributed by atoms with E-state index in [2.05, 4.69) is 25.7 Å². The number of aliphatic hydroxyl groups excluding tert-OH is 1. The summed E-state index contributed by atoms with van der Waals surface area (Å²) in [5.74, 6) is 9.93. The Bertz CT molecular complexity index is 719. The van der Waals surface area contributed by atoms with Gasteiger partial charge in [0, 0.05) is 18.9 Å². The van der Waals surface area contributed by atoms with Gasteiger partial charge in [0.15, 0.2) is 0 Å². The van der Waals surface area contributed by atoms with E-state index in [4.69, 9.17) is 5.11 Å². The molecule has 0 bridgehead atoms. The molecule has 4 rings (SSSR count). The molecule has 0 amide bonds. The first-order valence-electron chi connectivity index (χ1n) is 12.6. The Morgan fingerprint density at radius 2 is 1.73 bits per heavy atom. The summed E-state index contributed by atoms with van der Waals surface area (Å²) in [6, 6.07) is 0. The Morgan fingerprint density at radius 1 is 0.967 bits per heavy atom. The first kappa shape index (κ1) is 22.3. The van der Waals surface area contributed by atoms with Gasteiger partial charge in [-0.3, -0.25) is 4.79 Å². The molecule has 168 valence electrons. The van der Waals surface area contributed by atoms with Crippen LogP contribution in [0.4, 0.5) is 0 Å². The summed E-state index contributed by atoms with van der Waals surface area (Å²) in [5, 5.41) is 20.1. The largest absolute Gasteiger partial charge is 0.396 e. The van der Waals surface area contributed by atoms with Crippen molar-refractivity contribution in [2.75, 3.05) is 6.61 Å². The minimum absolute atomic E-state index is 0.224. The van der Waals surface area contributed by atoms with Crippen LogP contribution >= 0.6 is 0 Å². The molecule has 4 aliphatic carbocycles. The number of hydrogen-bond acceptors (Lipinski definition) is 3. The molecule has 3 heteroatoms. The van der Waals surface area contributed by atoms with Gasteiger partial charge in [-0.25, -0.2) is 0 Å². The Morgan fingerprint density at radius 3 is 2.47 bits per heavy atom. The van der Waals surface area contributed by atoms with Crippen LogP contribution in [0.25, 0.3) is 0 Å². The van der Waals surface area contributed by atoms with Crippen LogP contribution in [-0.2, 0) is 4.79 Å². The van der Waals surface area contributed by atoms with E-state index < -0.39 is 5.60 Å². The fourth-order valence-corrected chi connectivity index (χ4v) is 8.58. The van der Waals surface area contributed by atoms with Crippen LogP contribution in [0.15, 0.2) is 0 Å². The number of aliphatic hydroxyl groups is 2. The van der Waals surface area contributed by atoms with Crippen molar-refractivity contribution in [3.05, 3.63) is 0 Å². The van der Waals surface area contributed by atoms with Gasteiger partial charge in [-0.15, -0.1) is 5.92 Å². The molecule has 30 heavy (non-hydrogen) atoms. The lowest BCUT2D eigenvalue weighted by molar-refractivity contribution is -0.144. The number of carbonyl (C=O) groups is 1. The zero-order chi connectivity index (χ0) is 21.6. The standard InChI is InChI=1S/C27H42O3/c1-19(29)22-10-11-23-21-9-8-20-18-27(30,13-6-4-5-7-17-28)16-15-25(20,2)24(21)12-14-26(22,23)3/h20-24,28,30H,4-5,7-12,14-18H2,1-3H3/t20-,21+,22-,23+,24+,25+,26-,27+/m1/s1. The van der Waals surface area contributed by atoms with E-state index in [9.17, 15) is 9.90 Å². The maximum atomic E-state index is 12.3. The molecule has 0 unspecified atom stereocenters. The third-order valence-electron chi connectivity index (χ3n) is 10.2. The molecule has 4 saturated carbocycles. The van der Waals surface area contributed by atoms with Crippen molar-refractivity contribution in [1.29, 1.82) is 0 Å². The van der Waals surface area contributed by atoms with Crippen LogP contribution in [0.2, 0.25) is 0 Å². The molecule has 8 atom stereocenters. The third-order valence-corrected chi connectivity index (χ3v) is 10.2. The average molecular weight is 415 g/mol. The van der Waals surface area contributed by atoms with Crippen molar-refractivity contribution in [2.45, 2.75) is 103 Å². The van der Waals surface area contributed by atoms with Gasteiger partial charge in [0.2, 0.25) is 0 Å². The Balaban J connectivity index is 1.47. The monoisotopic (exact) mass is 414 g/mol. The number of hydrogen-bond donors (Lipinski definition) is 2. The van der Waals surface area contributed by atoms with E-state index in [0.717, 1.165) is 62.7 Å². The summed E-state index contributed by atoms with van der Waals surface area (Å²) < 4.78 is 0. The van der Waals surface area contributed by atoms with Crippen molar-refractivity contribution in [3.63, 3.8) is 0 Å². The summed E-state index contributed by atoms with van der Waals surface area (Å²) >= 11 is 0. The second-order valence-electron chi connectivity index (χ2n) is 11.7. The smallest absolute Gasteiger partial charge is 0.133 e. The number of carbonyl (C=O) groups excluding carboxylic acids is 1. The first-order chi connectivity index (χ1) is 14.2. The quantitative estimate of drug-likeness (QED) is 0.495. The van der Waals surface area contributed by atoms with Crippen molar-refractivity contribution in [2.24, 2.45) is 40.4 Å². The van der Waals surface area contributed by atoms with E-state index in [-0.39, 0.29) is 17.9 Å². The van der Waals surface area contributed by atoms with Gasteiger partial charge >= 0.3 is 0 Å². The van der Waals surface area contributed by atoms with Gasteiger partial charge in [0.1, 0.15) is 11.4 Å². The van der Waals surface area contributed by atoms with Gasteiger partial charge in [-0.2, -0.15) is 0 Å². The number of ketones is 1. The summed E-state index contributed by atoms with van der Waals surface area (Å²) in [6.45, 7) is 6.98. The predicted octanol–water partition coefficient (Wildman–Crippen LogP) is 5.13. The van der Waals surface area contributed by atoms with Gasteiger partial charge in [-0.1, -0.05) is 19.8 Å². The topological polar surface area (TPSA) is 57.5 Å². The minimum Gasteiger partial charge on any atom is -0.396 e. The zero-order valence-corrected chi connectivity index (χ0v) is 19.4. The van der Waals surface area contributed by atoms with Crippen LogP contribution in [0, 0.1) is 52.3 Å². The normalized spacial score (nSPS) is 47.4. The molecular weight excluding hydrogens is 372 g/mol. The lowest BCUT2D eigenvalue weighted by atomic mass is 9.44. The molecule has 0 aromatic rings. The minimum atomic E-state index is -0.813. The van der Waals surface area contributed by atoms with E-state index in [1.54, 1.807) is 0 Å². The highest BCUT2D eigenvalue weighted by Gasteiger charge is 2.61. The number of Topliss-reactive ketones (excluding diaryl/α,β-unsaturated/α-hetero) is 1. The molecule has 0 aromatic carbocycles. The summed E-state index contributed by atoms with van der Waals surface area (Å²) in [7, 11) is 0. The number of fused-ring (bicyclic) bond motifs is 5. The van der Waals surface area contributed by atoms with Gasteiger partial charge in [0.25, 0.3) is 0 Å². The predicted molar refractivity (Wildman–Crippen MR) is 120 cm³/mol. The van der Waals surface area contributed by atoms with Crippen LogP contribution in [0.5, 0.6) is 0 Å². The molecule has 4 aliphatic rings. The molecule has 3 nitrogen and oxygen atoms in total. The fourth-order valence-electron chi connectivity index (χ4n) is 8.58. The SMILES string of the molecule is CC(=O)[C@H]1CC[C@H]2[C@@H]3CC[C@@H]4C[C@](O)(C#CCCCCO)CC[C@]4(C)[C@H]3CC[C@]12C. The molecular formula is C27H42O3. The summed E-state index contributed by atoms with van der Waals surface area (Å²) in [5.41, 5.74) is -0.262. The highest BCUT2D eigenvalue weighted by molar-refractivity contribution is 5.79. The maximum Gasteiger partial charge on any atom is 0.133 e. The van der Waals surface area contributed by atoms with E-state index in [0.29, 0.717) is 17.1 Å². The van der Waals surface area contributed by atoms with Crippen molar-refractivity contribution in [1.82, 2.24) is 0 Å². The van der Waals surface area contributed by atoms with Gasteiger partial charge in [0.05, 0.1) is 0 Å². The lowest BCUT2D eigenvalue weighted by Gasteiger charge is -2.61. The summed E-state index contributed by atoms with van der Waals surface area (Å²) in [6.07, 6.45) is 12.5. The highest BCUT2D eigenvalue weighted by atomic mass is 16.3. The van der Waals surface area contributed by atoms with Crippen molar-refractivity contribution in [3.8, 4) is 11.8 Å². The Hall–Kier alpha value is -0.850. The number of rotatable bonds is 4. The van der Waals surface area contributed by atoms with Crippen LogP contribution in [-0.4, -0.2) is 28.2 Å². The highest BCUT2D eigenvalue weighted by Crippen LogP contribution is 2.68.